The number of para-hydroxylation sites is 2. The quantitative estimate of drug-likeness (QED) is 0.614. The lowest BCUT2D eigenvalue weighted by atomic mass is 10.2. The predicted octanol–water partition coefficient (Wildman–Crippen LogP) is 2.71. The molecule has 2 N–H and O–H groups in total. The first kappa shape index (κ1) is 21.0. The van der Waals surface area contributed by atoms with Gasteiger partial charge in [-0.2, -0.15) is 0 Å². The van der Waals surface area contributed by atoms with E-state index in [1.54, 1.807) is 54.6 Å². The molecule has 7 nitrogen and oxygen atoms in total. The van der Waals surface area contributed by atoms with E-state index in [1.807, 2.05) is 6.92 Å². The Morgan fingerprint density at radius 2 is 1.71 bits per heavy atom. The summed E-state index contributed by atoms with van der Waals surface area (Å²) in [5, 5.41) is 11.8. The first-order valence-corrected chi connectivity index (χ1v) is 9.10. The number of nitrogens with one attached hydrogen (secondary N) is 1. The second-order valence-corrected chi connectivity index (χ2v) is 6.00. The lowest BCUT2D eigenvalue weighted by Gasteiger charge is -2.21. The van der Waals surface area contributed by atoms with Crippen molar-refractivity contribution in [3.63, 3.8) is 0 Å². The largest absolute Gasteiger partial charge is 0.493 e. The maximum atomic E-state index is 12.5. The molecule has 0 atom stereocenters. The molecule has 148 valence electrons. The van der Waals surface area contributed by atoms with Gasteiger partial charge in [0.05, 0.1) is 12.2 Å². The van der Waals surface area contributed by atoms with Crippen LogP contribution in [0.15, 0.2) is 54.6 Å². The number of amides is 2. The minimum absolute atomic E-state index is 0.121. The zero-order valence-electron chi connectivity index (χ0n) is 15.8. The Bertz CT molecular complexity index is 807. The minimum atomic E-state index is -1.09. The molecule has 2 rings (SSSR count). The highest BCUT2D eigenvalue weighted by atomic mass is 16.5. The van der Waals surface area contributed by atoms with Gasteiger partial charge in [-0.15, -0.1) is 0 Å². The van der Waals surface area contributed by atoms with Crippen LogP contribution < -0.4 is 15.0 Å². The molecule has 0 aliphatic carbocycles. The Morgan fingerprint density at radius 1 is 1.04 bits per heavy atom. The van der Waals surface area contributed by atoms with Crippen molar-refractivity contribution < 1.29 is 24.2 Å². The number of hydrogen-bond acceptors (Lipinski definition) is 4. The van der Waals surface area contributed by atoms with E-state index in [9.17, 15) is 14.4 Å². The van der Waals surface area contributed by atoms with Gasteiger partial charge in [-0.25, -0.2) is 0 Å². The van der Waals surface area contributed by atoms with Gasteiger partial charge in [0, 0.05) is 18.7 Å². The number of rotatable bonds is 10. The maximum Gasteiger partial charge on any atom is 0.323 e. The summed E-state index contributed by atoms with van der Waals surface area (Å²) in [4.78, 5) is 37.1. The van der Waals surface area contributed by atoms with E-state index in [4.69, 9.17) is 9.84 Å². The van der Waals surface area contributed by atoms with Crippen LogP contribution in [0, 0.1) is 0 Å². The molecule has 2 aromatic carbocycles. The van der Waals surface area contributed by atoms with Gasteiger partial charge in [0.15, 0.2) is 0 Å². The van der Waals surface area contributed by atoms with Gasteiger partial charge < -0.3 is 20.1 Å². The van der Waals surface area contributed by atoms with Crippen molar-refractivity contribution in [2.45, 2.75) is 19.8 Å². The Kier molecular flexibility index (Phi) is 8.02. The number of carboxylic acids is 1. The van der Waals surface area contributed by atoms with Crippen LogP contribution in [0.4, 0.5) is 5.69 Å². The van der Waals surface area contributed by atoms with E-state index in [0.717, 1.165) is 0 Å². The van der Waals surface area contributed by atoms with E-state index in [0.29, 0.717) is 36.6 Å². The molecule has 0 heterocycles. The first-order chi connectivity index (χ1) is 13.5. The summed E-state index contributed by atoms with van der Waals surface area (Å²) in [6.45, 7) is 2.19. The Hall–Kier alpha value is -3.35. The lowest BCUT2D eigenvalue weighted by Crippen LogP contribution is -2.36. The molecule has 28 heavy (non-hydrogen) atoms. The van der Waals surface area contributed by atoms with Crippen molar-refractivity contribution in [1.29, 1.82) is 0 Å². The molecule has 0 unspecified atom stereocenters. The second-order valence-electron chi connectivity index (χ2n) is 6.00. The Balaban J connectivity index is 1.88. The van der Waals surface area contributed by atoms with E-state index >= 15 is 0 Å². The average molecular weight is 384 g/mol. The van der Waals surface area contributed by atoms with E-state index in [1.165, 1.54) is 4.90 Å². The van der Waals surface area contributed by atoms with Gasteiger partial charge in [0.2, 0.25) is 5.91 Å². The summed E-state index contributed by atoms with van der Waals surface area (Å²) in [6, 6.07) is 15.6. The van der Waals surface area contributed by atoms with E-state index < -0.39 is 12.5 Å². The zero-order valence-corrected chi connectivity index (χ0v) is 15.8. The fourth-order valence-corrected chi connectivity index (χ4v) is 2.67. The molecule has 2 amide bonds. The van der Waals surface area contributed by atoms with Gasteiger partial charge in [-0.3, -0.25) is 14.4 Å². The minimum Gasteiger partial charge on any atom is -0.493 e. The molecule has 0 saturated carbocycles. The fourth-order valence-electron chi connectivity index (χ4n) is 2.67. The Labute approximate surface area is 163 Å². The van der Waals surface area contributed by atoms with Gasteiger partial charge in [-0.05, 0) is 37.6 Å². The zero-order chi connectivity index (χ0) is 20.4. The van der Waals surface area contributed by atoms with Crippen LogP contribution in [0.1, 0.15) is 30.1 Å². The van der Waals surface area contributed by atoms with Crippen LogP contribution in [0.2, 0.25) is 0 Å². The van der Waals surface area contributed by atoms with Crippen LogP contribution in [0.3, 0.4) is 0 Å². The summed E-state index contributed by atoms with van der Waals surface area (Å²) in [7, 11) is 0. The molecule has 0 spiro atoms. The van der Waals surface area contributed by atoms with Crippen LogP contribution in [-0.4, -0.2) is 42.6 Å². The van der Waals surface area contributed by atoms with Gasteiger partial charge in [0.25, 0.3) is 5.91 Å². The van der Waals surface area contributed by atoms with Crippen LogP contribution in [-0.2, 0) is 9.59 Å². The molecule has 2 aromatic rings. The van der Waals surface area contributed by atoms with Gasteiger partial charge in [0.1, 0.15) is 12.3 Å². The van der Waals surface area contributed by atoms with Crippen molar-refractivity contribution in [2.75, 3.05) is 24.6 Å². The molecule has 7 heteroatoms. The van der Waals surface area contributed by atoms with Crippen LogP contribution in [0.25, 0.3) is 0 Å². The lowest BCUT2D eigenvalue weighted by molar-refractivity contribution is -0.136. The van der Waals surface area contributed by atoms with Crippen molar-refractivity contribution in [3.8, 4) is 5.75 Å². The maximum absolute atomic E-state index is 12.5. The number of aliphatic carboxylic acids is 1. The molecule has 0 fully saturated rings. The van der Waals surface area contributed by atoms with E-state index in [2.05, 4.69) is 5.32 Å². The summed E-state index contributed by atoms with van der Waals surface area (Å²) in [5.74, 6) is -1.16. The summed E-state index contributed by atoms with van der Waals surface area (Å²) >= 11 is 0. The standard InChI is InChI=1S/C21H24N2O5/c1-2-28-18-12-7-6-11-17(18)21(27)22-14-8-13-19(24)23(15-20(25)26)16-9-4-3-5-10-16/h3-7,9-12H,2,8,13-15H2,1H3,(H,22,27)(H,25,26). The first-order valence-electron chi connectivity index (χ1n) is 9.10. The number of hydrogen-bond donors (Lipinski definition) is 2. The summed E-state index contributed by atoms with van der Waals surface area (Å²) in [5.41, 5.74) is 0.969. The number of anilines is 1. The van der Waals surface area contributed by atoms with Crippen molar-refractivity contribution >= 4 is 23.5 Å². The molecule has 0 aliphatic heterocycles. The molecular formula is C21H24N2O5. The van der Waals surface area contributed by atoms with Crippen LogP contribution in [0.5, 0.6) is 5.75 Å². The number of carbonyl (C=O) groups excluding carboxylic acids is 2. The van der Waals surface area contributed by atoms with E-state index in [-0.39, 0.29) is 18.2 Å². The third-order valence-corrected chi connectivity index (χ3v) is 3.95. The number of ether oxygens (including phenoxy) is 1. The van der Waals surface area contributed by atoms with Crippen LogP contribution >= 0.6 is 0 Å². The number of benzene rings is 2. The third-order valence-electron chi connectivity index (χ3n) is 3.95. The second kappa shape index (κ2) is 10.7. The van der Waals surface area contributed by atoms with Gasteiger partial charge in [-0.1, -0.05) is 30.3 Å². The molecule has 0 radical (unpaired) electrons. The van der Waals surface area contributed by atoms with Crippen molar-refractivity contribution in [3.05, 3.63) is 60.2 Å². The molecule has 0 bridgehead atoms. The Morgan fingerprint density at radius 3 is 2.39 bits per heavy atom. The highest BCUT2D eigenvalue weighted by Gasteiger charge is 2.18. The molecule has 0 aliphatic rings. The summed E-state index contributed by atoms with van der Waals surface area (Å²) in [6.07, 6.45) is 0.514. The monoisotopic (exact) mass is 384 g/mol. The SMILES string of the molecule is CCOc1ccccc1C(=O)NCCCC(=O)N(CC(=O)O)c1ccccc1. The number of carbonyl (C=O) groups is 3. The predicted molar refractivity (Wildman–Crippen MR) is 106 cm³/mol. The topological polar surface area (TPSA) is 95.9 Å². The highest BCUT2D eigenvalue weighted by Crippen LogP contribution is 2.18. The summed E-state index contributed by atoms with van der Waals surface area (Å²) < 4.78 is 5.44. The molecular weight excluding hydrogens is 360 g/mol. The van der Waals surface area contributed by atoms with Crippen molar-refractivity contribution in [1.82, 2.24) is 5.32 Å². The third kappa shape index (κ3) is 6.12. The number of nitrogens with zero attached hydrogens (tertiary/aromatic N) is 1. The number of carboxylic acid groups (broad SMARTS) is 1. The van der Waals surface area contributed by atoms with Gasteiger partial charge >= 0.3 is 5.97 Å². The molecule has 0 aromatic heterocycles. The van der Waals surface area contributed by atoms with Crippen molar-refractivity contribution in [2.24, 2.45) is 0 Å². The molecule has 0 saturated heterocycles. The fraction of sp³-hybridized carbons (Fsp3) is 0.286. The normalized spacial score (nSPS) is 10.2. The highest BCUT2D eigenvalue weighted by molar-refractivity contribution is 5.98. The smallest absolute Gasteiger partial charge is 0.323 e. The average Bonchev–Trinajstić information content (AvgIpc) is 2.70.